The Labute approximate surface area is 130 Å². The molecule has 1 aromatic heterocycles. The van der Waals surface area contributed by atoms with Gasteiger partial charge in [-0.25, -0.2) is 0 Å². The van der Waals surface area contributed by atoms with Crippen LogP contribution in [0.5, 0.6) is 0 Å². The number of hydrogen-bond acceptors (Lipinski definition) is 5. The summed E-state index contributed by atoms with van der Waals surface area (Å²) >= 11 is 0. The van der Waals surface area contributed by atoms with Crippen molar-refractivity contribution in [3.63, 3.8) is 0 Å². The van der Waals surface area contributed by atoms with Crippen LogP contribution in [0.2, 0.25) is 0 Å². The second kappa shape index (κ2) is 7.70. The first-order chi connectivity index (χ1) is 10.6. The molecule has 2 unspecified atom stereocenters. The number of rotatable bonds is 7. The van der Waals surface area contributed by atoms with E-state index in [-0.39, 0.29) is 17.7 Å². The normalized spacial score (nSPS) is 13.6. The molecule has 22 heavy (non-hydrogen) atoms. The van der Waals surface area contributed by atoms with Crippen LogP contribution in [0.15, 0.2) is 34.9 Å². The number of aromatic nitrogens is 2. The third kappa shape index (κ3) is 4.14. The molecule has 0 aliphatic rings. The van der Waals surface area contributed by atoms with Crippen LogP contribution < -0.4 is 10.6 Å². The van der Waals surface area contributed by atoms with Crippen LogP contribution in [-0.4, -0.2) is 36.2 Å². The van der Waals surface area contributed by atoms with E-state index in [1.165, 1.54) is 0 Å². The molecular weight excluding hydrogens is 280 g/mol. The van der Waals surface area contributed by atoms with Crippen LogP contribution in [0.3, 0.4) is 0 Å². The summed E-state index contributed by atoms with van der Waals surface area (Å²) in [7, 11) is 1.83. The fourth-order valence-electron chi connectivity index (χ4n) is 2.05. The molecular formula is C16H22N4O2. The van der Waals surface area contributed by atoms with Gasteiger partial charge >= 0.3 is 0 Å². The van der Waals surface area contributed by atoms with Crippen molar-refractivity contribution in [2.24, 2.45) is 5.92 Å². The molecule has 118 valence electrons. The van der Waals surface area contributed by atoms with Crippen molar-refractivity contribution in [3.8, 4) is 11.4 Å². The molecule has 1 amide bonds. The Bertz CT molecular complexity index is 597. The topological polar surface area (TPSA) is 80.0 Å². The molecule has 0 fully saturated rings. The van der Waals surface area contributed by atoms with Gasteiger partial charge in [-0.15, -0.1) is 0 Å². The second-order valence-electron chi connectivity index (χ2n) is 5.43. The summed E-state index contributed by atoms with van der Waals surface area (Å²) in [6, 6.07) is 9.66. The van der Waals surface area contributed by atoms with E-state index in [1.54, 1.807) is 0 Å². The van der Waals surface area contributed by atoms with Crippen LogP contribution in [-0.2, 0) is 4.79 Å². The summed E-state index contributed by atoms with van der Waals surface area (Å²) in [5.41, 5.74) is 0.913. The lowest BCUT2D eigenvalue weighted by Crippen LogP contribution is -2.36. The van der Waals surface area contributed by atoms with Gasteiger partial charge < -0.3 is 15.2 Å². The van der Waals surface area contributed by atoms with Gasteiger partial charge in [0.1, 0.15) is 0 Å². The average molecular weight is 302 g/mol. The molecule has 2 rings (SSSR count). The van der Waals surface area contributed by atoms with Crippen molar-refractivity contribution in [1.82, 2.24) is 20.8 Å². The lowest BCUT2D eigenvalue weighted by atomic mass is 10.1. The van der Waals surface area contributed by atoms with Crippen molar-refractivity contribution in [2.45, 2.75) is 19.8 Å². The Hall–Kier alpha value is -2.21. The molecule has 1 heterocycles. The first kappa shape index (κ1) is 16.2. The zero-order valence-electron chi connectivity index (χ0n) is 13.2. The summed E-state index contributed by atoms with van der Waals surface area (Å²) in [6.07, 6.45) is 0. The number of carbonyl (C=O) groups excluding carboxylic acids is 1. The molecule has 0 spiro atoms. The summed E-state index contributed by atoms with van der Waals surface area (Å²) in [5, 5.41) is 9.89. The van der Waals surface area contributed by atoms with Gasteiger partial charge in [-0.3, -0.25) is 4.79 Å². The van der Waals surface area contributed by atoms with Gasteiger partial charge in [0.2, 0.25) is 17.6 Å². The van der Waals surface area contributed by atoms with Crippen molar-refractivity contribution in [3.05, 3.63) is 36.2 Å². The molecule has 0 radical (unpaired) electrons. The maximum atomic E-state index is 11.9. The summed E-state index contributed by atoms with van der Waals surface area (Å²) in [4.78, 5) is 16.3. The minimum Gasteiger partial charge on any atom is -0.355 e. The van der Waals surface area contributed by atoms with Gasteiger partial charge in [-0.1, -0.05) is 49.3 Å². The molecule has 1 aromatic carbocycles. The molecule has 0 saturated carbocycles. The van der Waals surface area contributed by atoms with Gasteiger partial charge in [0.25, 0.3) is 0 Å². The Morgan fingerprint density at radius 1 is 1.23 bits per heavy atom. The summed E-state index contributed by atoms with van der Waals surface area (Å²) in [5.74, 6) is 1.01. The predicted octanol–water partition coefficient (Wildman–Crippen LogP) is 1.81. The van der Waals surface area contributed by atoms with Gasteiger partial charge in [0.05, 0.1) is 5.92 Å². The van der Waals surface area contributed by atoms with Gasteiger partial charge in [-0.2, -0.15) is 4.98 Å². The molecule has 0 saturated heterocycles. The van der Waals surface area contributed by atoms with E-state index < -0.39 is 0 Å². The quantitative estimate of drug-likeness (QED) is 0.815. The first-order valence-electron chi connectivity index (χ1n) is 7.43. The number of nitrogens with zero attached hydrogens (tertiary/aromatic N) is 2. The molecule has 0 aliphatic carbocycles. The number of benzene rings is 1. The highest BCUT2D eigenvalue weighted by atomic mass is 16.5. The zero-order chi connectivity index (χ0) is 15.9. The van der Waals surface area contributed by atoms with E-state index >= 15 is 0 Å². The maximum Gasteiger partial charge on any atom is 0.231 e. The molecule has 2 N–H and O–H groups in total. The number of nitrogens with one attached hydrogen (secondary N) is 2. The van der Waals surface area contributed by atoms with Gasteiger partial charge in [0, 0.05) is 24.6 Å². The third-order valence-corrected chi connectivity index (χ3v) is 3.44. The Balaban J connectivity index is 1.92. The highest BCUT2D eigenvalue weighted by Crippen LogP contribution is 2.19. The highest BCUT2D eigenvalue weighted by Gasteiger charge is 2.18. The van der Waals surface area contributed by atoms with Crippen molar-refractivity contribution >= 4 is 5.91 Å². The van der Waals surface area contributed by atoms with E-state index in [0.717, 1.165) is 5.56 Å². The van der Waals surface area contributed by atoms with Crippen LogP contribution in [0.25, 0.3) is 11.4 Å². The van der Waals surface area contributed by atoms with E-state index in [2.05, 4.69) is 20.8 Å². The van der Waals surface area contributed by atoms with Gasteiger partial charge in [-0.05, 0) is 7.05 Å². The summed E-state index contributed by atoms with van der Waals surface area (Å²) in [6.45, 7) is 4.96. The average Bonchev–Trinajstić information content (AvgIpc) is 3.03. The Kier molecular flexibility index (Phi) is 5.66. The standard InChI is InChI=1S/C16H22N4O2/c1-11(9-17-3)15(21)18-10-12(2)16-19-14(20-22-16)13-7-5-4-6-8-13/h4-8,11-12,17H,9-10H2,1-3H3,(H,18,21). The second-order valence-corrected chi connectivity index (χ2v) is 5.43. The van der Waals surface area contributed by atoms with E-state index in [4.69, 9.17) is 4.52 Å². The zero-order valence-corrected chi connectivity index (χ0v) is 13.2. The minimum atomic E-state index is -0.0697. The van der Waals surface area contributed by atoms with E-state index in [1.807, 2.05) is 51.2 Å². The lowest BCUT2D eigenvalue weighted by molar-refractivity contribution is -0.124. The number of carbonyl (C=O) groups is 1. The molecule has 6 heteroatoms. The van der Waals surface area contributed by atoms with Crippen LogP contribution in [0.1, 0.15) is 25.7 Å². The number of amides is 1. The van der Waals surface area contributed by atoms with Gasteiger partial charge in [0.15, 0.2) is 0 Å². The van der Waals surface area contributed by atoms with Crippen molar-refractivity contribution < 1.29 is 9.32 Å². The van der Waals surface area contributed by atoms with Crippen LogP contribution >= 0.6 is 0 Å². The molecule has 0 aliphatic heterocycles. The fourth-order valence-corrected chi connectivity index (χ4v) is 2.05. The van der Waals surface area contributed by atoms with Crippen molar-refractivity contribution in [2.75, 3.05) is 20.1 Å². The molecule has 6 nitrogen and oxygen atoms in total. The SMILES string of the molecule is CNCC(C)C(=O)NCC(C)c1nc(-c2ccccc2)no1. The largest absolute Gasteiger partial charge is 0.355 e. The molecule has 2 aromatic rings. The third-order valence-electron chi connectivity index (χ3n) is 3.44. The predicted molar refractivity (Wildman–Crippen MR) is 84.2 cm³/mol. The first-order valence-corrected chi connectivity index (χ1v) is 7.43. The summed E-state index contributed by atoms with van der Waals surface area (Å²) < 4.78 is 5.30. The maximum absolute atomic E-state index is 11.9. The monoisotopic (exact) mass is 302 g/mol. The minimum absolute atomic E-state index is 0.0176. The van der Waals surface area contributed by atoms with Crippen LogP contribution in [0, 0.1) is 5.92 Å². The Morgan fingerprint density at radius 2 is 1.95 bits per heavy atom. The fraction of sp³-hybridized carbons (Fsp3) is 0.438. The van der Waals surface area contributed by atoms with E-state index in [9.17, 15) is 4.79 Å². The van der Waals surface area contributed by atoms with E-state index in [0.29, 0.717) is 24.8 Å². The molecule has 0 bridgehead atoms. The smallest absolute Gasteiger partial charge is 0.231 e. The van der Waals surface area contributed by atoms with Crippen LogP contribution in [0.4, 0.5) is 0 Å². The Morgan fingerprint density at radius 3 is 2.64 bits per heavy atom. The molecule has 2 atom stereocenters. The highest BCUT2D eigenvalue weighted by molar-refractivity contribution is 5.78. The lowest BCUT2D eigenvalue weighted by Gasteiger charge is -2.13. The number of hydrogen-bond donors (Lipinski definition) is 2. The van der Waals surface area contributed by atoms with Crippen molar-refractivity contribution in [1.29, 1.82) is 0 Å².